The first-order valence-electron chi connectivity index (χ1n) is 8.37. The quantitative estimate of drug-likeness (QED) is 0.445. The van der Waals surface area contributed by atoms with Crippen LogP contribution in [0.2, 0.25) is 0 Å². The van der Waals surface area contributed by atoms with Gasteiger partial charge < -0.3 is 9.47 Å². The summed E-state index contributed by atoms with van der Waals surface area (Å²) in [6, 6.07) is 12.9. The minimum Gasteiger partial charge on any atom is -0.488 e. The number of fused-ring (bicyclic) bond motifs is 2. The molecule has 27 heavy (non-hydrogen) atoms. The van der Waals surface area contributed by atoms with Gasteiger partial charge in [-0.25, -0.2) is 4.79 Å². The van der Waals surface area contributed by atoms with Crippen LogP contribution in [0.1, 0.15) is 33.5 Å². The smallest absolute Gasteiger partial charge is 0.337 e. The Bertz CT molecular complexity index is 991. The second-order valence-corrected chi connectivity index (χ2v) is 7.72. The fourth-order valence-corrected chi connectivity index (χ4v) is 3.34. The van der Waals surface area contributed by atoms with Crippen LogP contribution in [0.4, 0.5) is 0 Å². The minimum absolute atomic E-state index is 0.0391. The predicted molar refractivity (Wildman–Crippen MR) is 101 cm³/mol. The lowest BCUT2D eigenvalue weighted by Gasteiger charge is -2.12. The summed E-state index contributed by atoms with van der Waals surface area (Å²) in [6.45, 7) is 0.440. The molecule has 2 aromatic carbocycles. The summed E-state index contributed by atoms with van der Waals surface area (Å²) in [5.41, 5.74) is 4.00. The van der Waals surface area contributed by atoms with Crippen molar-refractivity contribution in [3.8, 4) is 5.75 Å². The normalized spacial score (nSPS) is 14.7. The molecule has 0 spiro atoms. The van der Waals surface area contributed by atoms with Crippen LogP contribution in [0.15, 0.2) is 48.5 Å². The van der Waals surface area contributed by atoms with Crippen LogP contribution in [0.5, 0.6) is 5.75 Å². The summed E-state index contributed by atoms with van der Waals surface area (Å²) in [7, 11) is -2.16. The highest BCUT2D eigenvalue weighted by Gasteiger charge is 2.20. The van der Waals surface area contributed by atoms with Gasteiger partial charge in [-0.1, -0.05) is 30.3 Å². The van der Waals surface area contributed by atoms with Gasteiger partial charge in [0, 0.05) is 5.56 Å². The third-order valence-corrected chi connectivity index (χ3v) is 4.74. The molecule has 0 saturated heterocycles. The zero-order chi connectivity index (χ0) is 19.4. The molecule has 0 bridgehead atoms. The molecule has 0 aromatic heterocycles. The first kappa shape index (κ1) is 19.1. The van der Waals surface area contributed by atoms with E-state index < -0.39 is 16.1 Å². The molecule has 7 heteroatoms. The highest BCUT2D eigenvalue weighted by molar-refractivity contribution is 7.85. The predicted octanol–water partition coefficient (Wildman–Crippen LogP) is 3.16. The number of ether oxygens (including phenoxy) is 2. The van der Waals surface area contributed by atoms with Gasteiger partial charge in [0.1, 0.15) is 12.4 Å². The first-order valence-corrected chi connectivity index (χ1v) is 10.2. The molecule has 0 N–H and O–H groups in total. The van der Waals surface area contributed by atoms with Crippen molar-refractivity contribution in [3.05, 3.63) is 70.8 Å². The monoisotopic (exact) mass is 388 g/mol. The Hall–Kier alpha value is -2.64. The number of rotatable bonds is 5. The molecule has 0 unspecified atom stereocenters. The number of hydrogen-bond acceptors (Lipinski definition) is 6. The molecule has 0 saturated carbocycles. The van der Waals surface area contributed by atoms with E-state index in [-0.39, 0.29) is 6.61 Å². The Kier molecular flexibility index (Phi) is 5.62. The lowest BCUT2D eigenvalue weighted by atomic mass is 9.92. The number of methoxy groups -OCH3 is 1. The molecule has 1 aliphatic heterocycles. The van der Waals surface area contributed by atoms with Crippen LogP contribution in [-0.4, -0.2) is 34.4 Å². The van der Waals surface area contributed by atoms with Crippen LogP contribution in [0.3, 0.4) is 0 Å². The van der Waals surface area contributed by atoms with Crippen molar-refractivity contribution in [1.82, 2.24) is 0 Å². The molecule has 0 aliphatic carbocycles. The van der Waals surface area contributed by atoms with Crippen LogP contribution in [0, 0.1) is 0 Å². The third kappa shape index (κ3) is 4.56. The largest absolute Gasteiger partial charge is 0.488 e. The number of carbonyl (C=O) groups excluding carboxylic acids is 1. The van der Waals surface area contributed by atoms with Crippen molar-refractivity contribution in [3.63, 3.8) is 0 Å². The highest BCUT2D eigenvalue weighted by atomic mass is 32.2. The maximum absolute atomic E-state index is 11.9. The van der Waals surface area contributed by atoms with Crippen molar-refractivity contribution in [2.75, 3.05) is 20.0 Å². The molecule has 0 amide bonds. The molecule has 0 radical (unpaired) electrons. The molecule has 1 heterocycles. The summed E-state index contributed by atoms with van der Waals surface area (Å²) >= 11 is 0. The van der Waals surface area contributed by atoms with E-state index in [9.17, 15) is 13.2 Å². The van der Waals surface area contributed by atoms with Crippen molar-refractivity contribution in [2.24, 2.45) is 0 Å². The van der Waals surface area contributed by atoms with Gasteiger partial charge in [0.25, 0.3) is 10.1 Å². The highest BCUT2D eigenvalue weighted by Crippen LogP contribution is 2.37. The Morgan fingerprint density at radius 3 is 2.70 bits per heavy atom. The van der Waals surface area contributed by atoms with E-state index in [0.717, 1.165) is 28.5 Å². The van der Waals surface area contributed by atoms with Crippen molar-refractivity contribution < 1.29 is 26.9 Å². The molecule has 6 nitrogen and oxygen atoms in total. The molecule has 1 aliphatic rings. The van der Waals surface area contributed by atoms with Gasteiger partial charge in [-0.15, -0.1) is 0 Å². The maximum atomic E-state index is 11.9. The molecule has 0 fully saturated rings. The lowest BCUT2D eigenvalue weighted by molar-refractivity contribution is 0.0600. The third-order valence-electron chi connectivity index (χ3n) is 4.15. The zero-order valence-corrected chi connectivity index (χ0v) is 15.9. The standard InChI is InChI=1S/C20H20O6S/c1-24-20(21)14-9-10-19-18(12-14)17(8-5-11-26-27(2,22)23)16-7-4-3-6-15(16)13-25-19/h3-4,6-10,12H,5,11,13H2,1-2H3/b17-8-. The van der Waals surface area contributed by atoms with Crippen molar-refractivity contribution in [1.29, 1.82) is 0 Å². The van der Waals surface area contributed by atoms with E-state index in [1.807, 2.05) is 30.3 Å². The number of esters is 1. The Morgan fingerprint density at radius 2 is 1.96 bits per heavy atom. The van der Waals surface area contributed by atoms with E-state index in [1.54, 1.807) is 18.2 Å². The van der Waals surface area contributed by atoms with Crippen LogP contribution in [0.25, 0.3) is 5.57 Å². The van der Waals surface area contributed by atoms with Gasteiger partial charge in [-0.2, -0.15) is 8.42 Å². The second kappa shape index (κ2) is 7.94. The van der Waals surface area contributed by atoms with Crippen molar-refractivity contribution >= 4 is 21.7 Å². The van der Waals surface area contributed by atoms with Crippen LogP contribution >= 0.6 is 0 Å². The van der Waals surface area contributed by atoms with E-state index >= 15 is 0 Å². The van der Waals surface area contributed by atoms with Gasteiger partial charge in [-0.05, 0) is 41.3 Å². The SMILES string of the molecule is COC(=O)c1ccc2c(c1)/C(=C\CCOS(C)(=O)=O)c1ccccc1CO2. The van der Waals surface area contributed by atoms with E-state index in [2.05, 4.69) is 0 Å². The Morgan fingerprint density at radius 1 is 1.19 bits per heavy atom. The second-order valence-electron chi connectivity index (χ2n) is 6.08. The zero-order valence-electron chi connectivity index (χ0n) is 15.1. The van der Waals surface area contributed by atoms with Gasteiger partial charge >= 0.3 is 5.97 Å². The maximum Gasteiger partial charge on any atom is 0.337 e. The van der Waals surface area contributed by atoms with Crippen LogP contribution < -0.4 is 4.74 Å². The van der Waals surface area contributed by atoms with E-state index in [4.69, 9.17) is 13.7 Å². The van der Waals surface area contributed by atoms with Crippen molar-refractivity contribution in [2.45, 2.75) is 13.0 Å². The fraction of sp³-hybridized carbons (Fsp3) is 0.250. The molecular weight excluding hydrogens is 368 g/mol. The van der Waals surface area contributed by atoms with E-state index in [0.29, 0.717) is 24.3 Å². The molecule has 2 aromatic rings. The van der Waals surface area contributed by atoms with Gasteiger partial charge in [0.05, 0.1) is 25.5 Å². The summed E-state index contributed by atoms with van der Waals surface area (Å²) in [5, 5.41) is 0. The minimum atomic E-state index is -3.49. The summed E-state index contributed by atoms with van der Waals surface area (Å²) in [5.74, 6) is 0.212. The fourth-order valence-electron chi connectivity index (χ4n) is 2.94. The lowest BCUT2D eigenvalue weighted by Crippen LogP contribution is -2.04. The summed E-state index contributed by atoms with van der Waals surface area (Å²) in [6.07, 6.45) is 3.31. The molecule has 142 valence electrons. The van der Waals surface area contributed by atoms with E-state index in [1.165, 1.54) is 7.11 Å². The summed E-state index contributed by atoms with van der Waals surface area (Å²) in [4.78, 5) is 11.9. The van der Waals surface area contributed by atoms with Crippen LogP contribution in [-0.2, 0) is 25.6 Å². The molecular formula is C20H20O6S. The average Bonchev–Trinajstić information content (AvgIpc) is 2.80. The number of benzene rings is 2. The topological polar surface area (TPSA) is 78.9 Å². The average molecular weight is 388 g/mol. The Balaban J connectivity index is 2.04. The van der Waals surface area contributed by atoms with Gasteiger partial charge in [-0.3, -0.25) is 4.18 Å². The molecule has 3 rings (SSSR count). The first-order chi connectivity index (χ1) is 12.9. The van der Waals surface area contributed by atoms with Gasteiger partial charge in [0.2, 0.25) is 0 Å². The number of carbonyl (C=O) groups is 1. The number of hydrogen-bond donors (Lipinski definition) is 0. The molecule has 0 atom stereocenters. The Labute approximate surface area is 158 Å². The van der Waals surface area contributed by atoms with Gasteiger partial charge in [0.15, 0.2) is 0 Å². The summed E-state index contributed by atoms with van der Waals surface area (Å²) < 4.78 is 37.9.